The lowest BCUT2D eigenvalue weighted by Crippen LogP contribution is -2.54. The summed E-state index contributed by atoms with van der Waals surface area (Å²) in [5, 5.41) is 2.65. The Kier molecular flexibility index (Phi) is 7.51. The highest BCUT2D eigenvalue weighted by atomic mass is 127. The Labute approximate surface area is 223 Å². The number of hydrogen-bond acceptors (Lipinski definition) is 5. The van der Waals surface area contributed by atoms with Gasteiger partial charge >= 0.3 is 0 Å². The lowest BCUT2D eigenvalue weighted by Gasteiger charge is -2.28. The van der Waals surface area contributed by atoms with Gasteiger partial charge in [0, 0.05) is 0 Å². The minimum atomic E-state index is -0.545. The highest BCUT2D eigenvalue weighted by Gasteiger charge is 2.34. The first kappa shape index (κ1) is 24.9. The number of nitrogens with zero attached hydrogens (tertiary/aromatic N) is 1. The van der Waals surface area contributed by atoms with E-state index in [0.717, 1.165) is 9.13 Å². The van der Waals surface area contributed by atoms with Crippen molar-refractivity contribution in [2.45, 2.75) is 20.5 Å². The van der Waals surface area contributed by atoms with E-state index in [0.29, 0.717) is 29.4 Å². The molecule has 1 N–H and O–H groups in total. The van der Waals surface area contributed by atoms with Gasteiger partial charge in [-0.3, -0.25) is 19.8 Å². The summed E-state index contributed by atoms with van der Waals surface area (Å²) in [5.74, 6) is 0.0681. The molecule has 2 amide bonds. The average molecular weight is 598 g/mol. The van der Waals surface area contributed by atoms with Crippen molar-refractivity contribution in [3.63, 3.8) is 0 Å². The number of hydrogen-bond donors (Lipinski definition) is 1. The van der Waals surface area contributed by atoms with Gasteiger partial charge in [-0.1, -0.05) is 47.5 Å². The molecule has 3 aromatic carbocycles. The number of benzene rings is 3. The van der Waals surface area contributed by atoms with Gasteiger partial charge < -0.3 is 9.47 Å². The fourth-order valence-corrected chi connectivity index (χ4v) is 4.97. The average Bonchev–Trinajstić information content (AvgIpc) is 2.80. The molecule has 6 nitrogen and oxygen atoms in total. The van der Waals surface area contributed by atoms with Crippen LogP contribution >= 0.6 is 34.8 Å². The lowest BCUT2D eigenvalue weighted by molar-refractivity contribution is -0.122. The van der Waals surface area contributed by atoms with E-state index < -0.39 is 11.8 Å². The molecule has 0 radical (unpaired) electrons. The fraction of sp³-hybridized carbons (Fsp3) is 0.148. The first-order valence-electron chi connectivity index (χ1n) is 10.8. The quantitative estimate of drug-likeness (QED) is 0.180. The van der Waals surface area contributed by atoms with Crippen molar-refractivity contribution in [3.05, 3.63) is 92.1 Å². The van der Waals surface area contributed by atoms with Crippen LogP contribution in [0.3, 0.4) is 0 Å². The minimum absolute atomic E-state index is 0.0239. The van der Waals surface area contributed by atoms with Crippen molar-refractivity contribution in [1.29, 1.82) is 0 Å². The van der Waals surface area contributed by atoms with E-state index in [9.17, 15) is 9.59 Å². The normalized spacial score (nSPS) is 14.8. The molecule has 0 aliphatic carbocycles. The van der Waals surface area contributed by atoms with Crippen LogP contribution in [0.15, 0.2) is 66.2 Å². The van der Waals surface area contributed by atoms with E-state index in [4.69, 9.17) is 21.7 Å². The zero-order valence-corrected chi connectivity index (χ0v) is 22.4. The summed E-state index contributed by atoms with van der Waals surface area (Å²) in [6.07, 6.45) is 1.54. The molecule has 8 heteroatoms. The predicted molar refractivity (Wildman–Crippen MR) is 149 cm³/mol. The molecule has 1 fully saturated rings. The van der Waals surface area contributed by atoms with Gasteiger partial charge in [0.25, 0.3) is 11.8 Å². The maximum absolute atomic E-state index is 13.2. The molecule has 0 aromatic heterocycles. The Morgan fingerprint density at radius 3 is 2.37 bits per heavy atom. The molecular formula is C27H23IN2O4S. The number of ether oxygens (including phenoxy) is 2. The van der Waals surface area contributed by atoms with E-state index in [1.807, 2.05) is 12.1 Å². The van der Waals surface area contributed by atoms with Gasteiger partial charge in [0.15, 0.2) is 16.6 Å². The maximum atomic E-state index is 13.2. The minimum Gasteiger partial charge on any atom is -0.493 e. The number of thiocarbonyl (C=S) groups is 1. The zero-order valence-electron chi connectivity index (χ0n) is 19.4. The van der Waals surface area contributed by atoms with E-state index in [-0.39, 0.29) is 10.7 Å². The van der Waals surface area contributed by atoms with Gasteiger partial charge in [-0.15, -0.1) is 0 Å². The van der Waals surface area contributed by atoms with Crippen LogP contribution in [0.2, 0.25) is 0 Å². The van der Waals surface area contributed by atoms with Crippen LogP contribution in [0.5, 0.6) is 11.5 Å². The zero-order chi connectivity index (χ0) is 25.1. The summed E-state index contributed by atoms with van der Waals surface area (Å²) >= 11 is 7.41. The molecule has 4 rings (SSSR count). The number of carbonyl (C=O) groups excluding carboxylic acids is 2. The number of carbonyl (C=O) groups is 2. The number of rotatable bonds is 6. The molecule has 1 heterocycles. The summed E-state index contributed by atoms with van der Waals surface area (Å²) in [6.45, 7) is 4.49. The Morgan fingerprint density at radius 2 is 1.71 bits per heavy atom. The number of methoxy groups -OCH3 is 1. The Hall–Kier alpha value is -3.24. The summed E-state index contributed by atoms with van der Waals surface area (Å²) in [4.78, 5) is 27.2. The Bertz CT molecular complexity index is 1330. The van der Waals surface area contributed by atoms with Gasteiger partial charge in [-0.25, -0.2) is 0 Å². The molecule has 1 saturated heterocycles. The van der Waals surface area contributed by atoms with Crippen molar-refractivity contribution >= 4 is 63.5 Å². The van der Waals surface area contributed by atoms with Gasteiger partial charge in [0.1, 0.15) is 12.2 Å². The smallest absolute Gasteiger partial charge is 0.270 e. The van der Waals surface area contributed by atoms with Crippen molar-refractivity contribution in [2.75, 3.05) is 12.0 Å². The SMILES string of the molecule is COc1cc(/C=C2/C(=O)NC(=S)N(c3ccccc3)C2=O)cc(I)c1OCc1cc(C)cc(C)c1. The molecular weight excluding hydrogens is 575 g/mol. The van der Waals surface area contributed by atoms with E-state index in [1.165, 1.54) is 22.1 Å². The first-order chi connectivity index (χ1) is 16.8. The maximum Gasteiger partial charge on any atom is 0.270 e. The summed E-state index contributed by atoms with van der Waals surface area (Å²) in [5.41, 5.74) is 4.59. The van der Waals surface area contributed by atoms with E-state index >= 15 is 0 Å². The molecule has 1 aliphatic rings. The summed E-state index contributed by atoms with van der Waals surface area (Å²) < 4.78 is 12.5. The molecule has 178 valence electrons. The molecule has 1 aliphatic heterocycles. The van der Waals surface area contributed by atoms with Crippen LogP contribution in [-0.2, 0) is 16.2 Å². The van der Waals surface area contributed by atoms with Gasteiger partial charge in [-0.2, -0.15) is 0 Å². The highest BCUT2D eigenvalue weighted by Crippen LogP contribution is 2.35. The van der Waals surface area contributed by atoms with E-state index in [2.05, 4.69) is 60.0 Å². The fourth-order valence-electron chi connectivity index (χ4n) is 3.91. The van der Waals surface area contributed by atoms with Crippen molar-refractivity contribution in [2.24, 2.45) is 0 Å². The van der Waals surface area contributed by atoms with Crippen LogP contribution in [0.4, 0.5) is 5.69 Å². The van der Waals surface area contributed by atoms with Gasteiger partial charge in [0.05, 0.1) is 16.4 Å². The second-order valence-corrected chi connectivity index (χ2v) is 9.66. The highest BCUT2D eigenvalue weighted by molar-refractivity contribution is 14.1. The van der Waals surface area contributed by atoms with Crippen LogP contribution < -0.4 is 19.7 Å². The van der Waals surface area contributed by atoms with Crippen LogP contribution in [0.25, 0.3) is 6.08 Å². The van der Waals surface area contributed by atoms with Gasteiger partial charge in [0.2, 0.25) is 0 Å². The Balaban J connectivity index is 1.64. The molecule has 0 bridgehead atoms. The van der Waals surface area contributed by atoms with Crippen molar-refractivity contribution < 1.29 is 19.1 Å². The Morgan fingerprint density at radius 1 is 1.03 bits per heavy atom. The molecule has 3 aromatic rings. The largest absolute Gasteiger partial charge is 0.493 e. The number of nitrogens with one attached hydrogen (secondary N) is 1. The molecule has 0 saturated carbocycles. The summed E-state index contributed by atoms with van der Waals surface area (Å²) in [7, 11) is 1.56. The standard InChI is InChI=1S/C27H23IN2O4S/c1-16-9-17(2)11-19(10-16)15-34-24-22(28)13-18(14-23(24)33-3)12-21-25(31)29-27(35)30(26(21)32)20-7-5-4-6-8-20/h4-14H,15H2,1-3H3,(H,29,31,35)/b21-12-. The number of para-hydroxylation sites is 1. The van der Waals surface area contributed by atoms with Crippen molar-refractivity contribution in [1.82, 2.24) is 5.32 Å². The first-order valence-corrected chi connectivity index (χ1v) is 12.3. The number of amides is 2. The number of anilines is 1. The molecule has 0 atom stereocenters. The molecule has 35 heavy (non-hydrogen) atoms. The lowest BCUT2D eigenvalue weighted by atomic mass is 10.1. The second-order valence-electron chi connectivity index (χ2n) is 8.11. The molecule has 0 unspecified atom stereocenters. The second kappa shape index (κ2) is 10.6. The van der Waals surface area contributed by atoms with Crippen LogP contribution in [0.1, 0.15) is 22.3 Å². The molecule has 0 spiro atoms. The van der Waals surface area contributed by atoms with E-state index in [1.54, 1.807) is 37.4 Å². The number of aryl methyl sites for hydroxylation is 2. The third kappa shape index (κ3) is 5.54. The van der Waals surface area contributed by atoms with Crippen molar-refractivity contribution in [3.8, 4) is 11.5 Å². The van der Waals surface area contributed by atoms with Crippen LogP contribution in [-0.4, -0.2) is 24.0 Å². The third-order valence-corrected chi connectivity index (χ3v) is 6.43. The third-order valence-electron chi connectivity index (χ3n) is 5.34. The number of halogens is 1. The topological polar surface area (TPSA) is 67.9 Å². The summed E-state index contributed by atoms with van der Waals surface area (Å²) in [6, 6.07) is 18.8. The van der Waals surface area contributed by atoms with Gasteiger partial charge in [-0.05, 0) is 90.1 Å². The monoisotopic (exact) mass is 598 g/mol. The van der Waals surface area contributed by atoms with Crippen LogP contribution in [0, 0.1) is 17.4 Å². The predicted octanol–water partition coefficient (Wildman–Crippen LogP) is 5.33.